The summed E-state index contributed by atoms with van der Waals surface area (Å²) in [6, 6.07) is 16.8. The monoisotopic (exact) mass is 365 g/mol. The molecule has 1 aliphatic rings. The second-order valence-electron chi connectivity index (χ2n) is 6.93. The number of hydrogen-bond acceptors (Lipinski definition) is 3. The van der Waals surface area contributed by atoms with Crippen LogP contribution in [0.1, 0.15) is 36.0 Å². The van der Waals surface area contributed by atoms with Gasteiger partial charge in [0.1, 0.15) is 0 Å². The second-order valence-corrected chi connectivity index (χ2v) is 6.93. The number of nitrogens with one attached hydrogen (secondary N) is 1. The average molecular weight is 365 g/mol. The van der Waals surface area contributed by atoms with Crippen molar-refractivity contribution >= 4 is 23.2 Å². The molecule has 0 atom stereocenters. The molecule has 1 heterocycles. The molecular weight excluding hydrogens is 338 g/mol. The number of para-hydroxylation sites is 1. The number of benzene rings is 2. The van der Waals surface area contributed by atoms with Crippen molar-refractivity contribution < 1.29 is 9.59 Å². The highest BCUT2D eigenvalue weighted by Crippen LogP contribution is 2.17. The van der Waals surface area contributed by atoms with E-state index in [1.165, 1.54) is 12.8 Å². The van der Waals surface area contributed by atoms with Gasteiger partial charge in [-0.15, -0.1) is 0 Å². The zero-order valence-corrected chi connectivity index (χ0v) is 15.9. The molecule has 0 bridgehead atoms. The van der Waals surface area contributed by atoms with E-state index in [1.54, 1.807) is 24.1 Å². The van der Waals surface area contributed by atoms with Crippen LogP contribution in [0.5, 0.6) is 0 Å². The van der Waals surface area contributed by atoms with Crippen LogP contribution < -0.4 is 10.2 Å². The van der Waals surface area contributed by atoms with Gasteiger partial charge in [0.05, 0.1) is 6.54 Å². The van der Waals surface area contributed by atoms with Gasteiger partial charge in [0.2, 0.25) is 5.91 Å². The first kappa shape index (κ1) is 19.0. The average Bonchev–Trinajstić information content (AvgIpc) is 3.01. The molecule has 1 fully saturated rings. The third-order valence-corrected chi connectivity index (χ3v) is 4.98. The molecule has 0 spiro atoms. The quantitative estimate of drug-likeness (QED) is 0.877. The zero-order chi connectivity index (χ0) is 19.1. The number of likely N-dealkylation sites (tertiary alicyclic amines) is 1. The summed E-state index contributed by atoms with van der Waals surface area (Å²) in [5.74, 6) is 0.0780. The third kappa shape index (κ3) is 5.09. The maximum Gasteiger partial charge on any atom is 0.258 e. The molecule has 142 valence electrons. The van der Waals surface area contributed by atoms with Gasteiger partial charge in [-0.1, -0.05) is 31.0 Å². The van der Waals surface area contributed by atoms with E-state index in [9.17, 15) is 9.59 Å². The summed E-state index contributed by atoms with van der Waals surface area (Å²) in [6.45, 7) is 2.01. The van der Waals surface area contributed by atoms with Gasteiger partial charge in [-0.3, -0.25) is 9.59 Å². The van der Waals surface area contributed by atoms with Crippen molar-refractivity contribution in [3.8, 4) is 0 Å². The third-order valence-electron chi connectivity index (χ3n) is 4.98. The molecule has 0 saturated carbocycles. The Hall–Kier alpha value is -2.82. The van der Waals surface area contributed by atoms with E-state index in [0.717, 1.165) is 37.3 Å². The fourth-order valence-corrected chi connectivity index (χ4v) is 3.30. The molecule has 2 amide bonds. The lowest BCUT2D eigenvalue weighted by Crippen LogP contribution is -2.36. The number of carbonyl (C=O) groups is 2. The van der Waals surface area contributed by atoms with E-state index in [1.807, 2.05) is 47.4 Å². The Bertz CT molecular complexity index is 751. The lowest BCUT2D eigenvalue weighted by atomic mass is 10.1. The van der Waals surface area contributed by atoms with Crippen molar-refractivity contribution in [3.63, 3.8) is 0 Å². The maximum absolute atomic E-state index is 12.6. The largest absolute Gasteiger partial charge is 0.376 e. The Labute approximate surface area is 161 Å². The van der Waals surface area contributed by atoms with E-state index in [-0.39, 0.29) is 18.4 Å². The summed E-state index contributed by atoms with van der Waals surface area (Å²) < 4.78 is 0. The van der Waals surface area contributed by atoms with E-state index in [2.05, 4.69) is 5.32 Å². The number of hydrogen-bond donors (Lipinski definition) is 1. The first-order chi connectivity index (χ1) is 13.1. The van der Waals surface area contributed by atoms with Crippen LogP contribution in [-0.4, -0.2) is 43.4 Å². The summed E-state index contributed by atoms with van der Waals surface area (Å²) in [5, 5.41) is 3.17. The van der Waals surface area contributed by atoms with Gasteiger partial charge in [0.25, 0.3) is 5.91 Å². The summed E-state index contributed by atoms with van der Waals surface area (Å²) in [4.78, 5) is 28.5. The lowest BCUT2D eigenvalue weighted by Gasteiger charge is -2.21. The normalized spacial score (nSPS) is 14.3. The molecule has 0 aliphatic carbocycles. The first-order valence-electron chi connectivity index (χ1n) is 9.60. The highest BCUT2D eigenvalue weighted by Gasteiger charge is 2.16. The molecule has 0 radical (unpaired) electrons. The first-order valence-corrected chi connectivity index (χ1v) is 9.60. The molecule has 1 saturated heterocycles. The van der Waals surface area contributed by atoms with Gasteiger partial charge in [-0.2, -0.15) is 0 Å². The lowest BCUT2D eigenvalue weighted by molar-refractivity contribution is -0.129. The van der Waals surface area contributed by atoms with Crippen LogP contribution in [0.4, 0.5) is 11.4 Å². The Kier molecular flexibility index (Phi) is 6.47. The van der Waals surface area contributed by atoms with E-state index >= 15 is 0 Å². The number of carbonyl (C=O) groups excluding carboxylic acids is 2. The van der Waals surface area contributed by atoms with Crippen LogP contribution in [0, 0.1) is 0 Å². The van der Waals surface area contributed by atoms with Gasteiger partial charge in [0, 0.05) is 37.1 Å². The molecule has 5 nitrogen and oxygen atoms in total. The van der Waals surface area contributed by atoms with Crippen molar-refractivity contribution in [1.82, 2.24) is 4.90 Å². The molecule has 0 unspecified atom stereocenters. The minimum absolute atomic E-state index is 0.0617. The Balaban J connectivity index is 1.55. The summed E-state index contributed by atoms with van der Waals surface area (Å²) in [6.07, 6.45) is 4.61. The van der Waals surface area contributed by atoms with Crippen molar-refractivity contribution in [2.24, 2.45) is 0 Å². The zero-order valence-electron chi connectivity index (χ0n) is 15.9. The number of amides is 2. The van der Waals surface area contributed by atoms with Crippen molar-refractivity contribution in [3.05, 3.63) is 60.2 Å². The van der Waals surface area contributed by atoms with Gasteiger partial charge < -0.3 is 15.1 Å². The maximum atomic E-state index is 12.6. The molecule has 5 heteroatoms. The number of rotatable bonds is 5. The molecule has 1 N–H and O–H groups in total. The number of nitrogens with zero attached hydrogens (tertiary/aromatic N) is 2. The summed E-state index contributed by atoms with van der Waals surface area (Å²) in [7, 11) is 1.77. The predicted octanol–water partition coefficient (Wildman–Crippen LogP) is 3.78. The standard InChI is InChI=1S/C22H27N3O2/c1-24(20-9-5-4-6-10-20)22(27)18-11-13-19(14-12-18)23-17-21(26)25-15-7-2-3-8-16-25/h4-6,9-14,23H,2-3,7-8,15-17H2,1H3. The SMILES string of the molecule is CN(C(=O)c1ccc(NCC(=O)N2CCCCCC2)cc1)c1ccccc1. The second kappa shape index (κ2) is 9.21. The smallest absolute Gasteiger partial charge is 0.258 e. The molecule has 3 rings (SSSR count). The highest BCUT2D eigenvalue weighted by molar-refractivity contribution is 6.05. The van der Waals surface area contributed by atoms with Gasteiger partial charge in [0.15, 0.2) is 0 Å². The van der Waals surface area contributed by atoms with Gasteiger partial charge in [-0.25, -0.2) is 0 Å². The van der Waals surface area contributed by atoms with Crippen LogP contribution in [0.3, 0.4) is 0 Å². The van der Waals surface area contributed by atoms with Crippen LogP contribution in [0.25, 0.3) is 0 Å². The van der Waals surface area contributed by atoms with E-state index < -0.39 is 0 Å². The summed E-state index contributed by atoms with van der Waals surface area (Å²) >= 11 is 0. The Morgan fingerprint density at radius 1 is 0.926 bits per heavy atom. The molecule has 2 aromatic carbocycles. The van der Waals surface area contributed by atoms with E-state index in [0.29, 0.717) is 5.56 Å². The molecule has 27 heavy (non-hydrogen) atoms. The van der Waals surface area contributed by atoms with Crippen molar-refractivity contribution in [2.75, 3.05) is 36.9 Å². The van der Waals surface area contributed by atoms with Gasteiger partial charge >= 0.3 is 0 Å². The van der Waals surface area contributed by atoms with Crippen molar-refractivity contribution in [1.29, 1.82) is 0 Å². The van der Waals surface area contributed by atoms with Crippen LogP contribution in [-0.2, 0) is 4.79 Å². The van der Waals surface area contributed by atoms with Crippen LogP contribution >= 0.6 is 0 Å². The fourth-order valence-electron chi connectivity index (χ4n) is 3.30. The molecule has 2 aromatic rings. The minimum atomic E-state index is -0.0617. The molecule has 1 aliphatic heterocycles. The van der Waals surface area contributed by atoms with Crippen molar-refractivity contribution in [2.45, 2.75) is 25.7 Å². The molecular formula is C22H27N3O2. The Morgan fingerprint density at radius 2 is 1.56 bits per heavy atom. The van der Waals surface area contributed by atoms with Crippen LogP contribution in [0.2, 0.25) is 0 Å². The predicted molar refractivity (Wildman–Crippen MR) is 109 cm³/mol. The molecule has 0 aromatic heterocycles. The van der Waals surface area contributed by atoms with Crippen LogP contribution in [0.15, 0.2) is 54.6 Å². The van der Waals surface area contributed by atoms with Gasteiger partial charge in [-0.05, 0) is 49.2 Å². The summed E-state index contributed by atoms with van der Waals surface area (Å²) in [5.41, 5.74) is 2.32. The topological polar surface area (TPSA) is 52.7 Å². The fraction of sp³-hybridized carbons (Fsp3) is 0.364. The minimum Gasteiger partial charge on any atom is -0.376 e. The number of anilines is 2. The van der Waals surface area contributed by atoms with E-state index in [4.69, 9.17) is 0 Å². The Morgan fingerprint density at radius 3 is 2.19 bits per heavy atom. The highest BCUT2D eigenvalue weighted by atomic mass is 16.2.